The molecule has 0 saturated carbocycles. The summed E-state index contributed by atoms with van der Waals surface area (Å²) in [4.78, 5) is 25.5. The number of carbonyl (C=O) groups is 2. The predicted octanol–water partition coefficient (Wildman–Crippen LogP) is 2.58. The van der Waals surface area contributed by atoms with Crippen molar-refractivity contribution in [3.05, 3.63) is 65.2 Å². The van der Waals surface area contributed by atoms with Gasteiger partial charge in [0, 0.05) is 5.56 Å². The molecule has 0 aromatic heterocycles. The number of ketones is 1. The monoisotopic (exact) mass is 275 g/mol. The highest BCUT2D eigenvalue weighted by atomic mass is 16.2. The predicted molar refractivity (Wildman–Crippen MR) is 81.2 cm³/mol. The van der Waals surface area contributed by atoms with Gasteiger partial charge in [-0.05, 0) is 30.7 Å². The Bertz CT molecular complexity index is 782. The number of carbonyl (C=O) groups excluding carboxylic acids is 2. The zero-order chi connectivity index (χ0) is 14.8. The van der Waals surface area contributed by atoms with Crippen molar-refractivity contribution in [3.8, 4) is 11.8 Å². The number of amides is 1. The van der Waals surface area contributed by atoms with Gasteiger partial charge in [0.1, 0.15) is 0 Å². The Morgan fingerprint density at radius 1 is 1.00 bits per heavy atom. The van der Waals surface area contributed by atoms with Gasteiger partial charge < -0.3 is 0 Å². The maximum absolute atomic E-state index is 12.1. The lowest BCUT2D eigenvalue weighted by Gasteiger charge is -2.14. The fourth-order valence-corrected chi connectivity index (χ4v) is 2.43. The number of rotatable bonds is 1. The lowest BCUT2D eigenvalue weighted by molar-refractivity contribution is -0.114. The molecule has 2 aromatic carbocycles. The van der Waals surface area contributed by atoms with E-state index in [1.54, 1.807) is 12.1 Å². The number of para-hydroxylation sites is 1. The summed E-state index contributed by atoms with van der Waals surface area (Å²) < 4.78 is 0. The van der Waals surface area contributed by atoms with Gasteiger partial charge in [-0.25, -0.2) is 0 Å². The van der Waals surface area contributed by atoms with E-state index in [1.807, 2.05) is 43.3 Å². The van der Waals surface area contributed by atoms with Crippen LogP contribution in [0.5, 0.6) is 0 Å². The van der Waals surface area contributed by atoms with E-state index in [1.165, 1.54) is 4.90 Å². The second-order valence-electron chi connectivity index (χ2n) is 4.86. The first-order valence-corrected chi connectivity index (χ1v) is 6.68. The smallest absolute Gasteiger partial charge is 0.293 e. The van der Waals surface area contributed by atoms with E-state index in [9.17, 15) is 9.59 Å². The maximum atomic E-state index is 12.1. The highest BCUT2D eigenvalue weighted by molar-refractivity contribution is 6.52. The molecular formula is C18H13NO2. The van der Waals surface area contributed by atoms with Crippen molar-refractivity contribution in [1.82, 2.24) is 0 Å². The van der Waals surface area contributed by atoms with E-state index in [-0.39, 0.29) is 6.54 Å². The average molecular weight is 275 g/mol. The normalized spacial score (nSPS) is 12.9. The Labute approximate surface area is 123 Å². The fourth-order valence-electron chi connectivity index (χ4n) is 2.43. The van der Waals surface area contributed by atoms with Crippen molar-refractivity contribution in [3.63, 3.8) is 0 Å². The van der Waals surface area contributed by atoms with Crippen LogP contribution in [0.25, 0.3) is 0 Å². The van der Waals surface area contributed by atoms with E-state index in [0.29, 0.717) is 11.3 Å². The lowest BCUT2D eigenvalue weighted by Crippen LogP contribution is -2.30. The number of hydrogen-bond acceptors (Lipinski definition) is 2. The van der Waals surface area contributed by atoms with Crippen molar-refractivity contribution >= 4 is 17.4 Å². The maximum Gasteiger partial charge on any atom is 0.300 e. The molecule has 2 aromatic rings. The number of fused-ring (bicyclic) bond motifs is 1. The van der Waals surface area contributed by atoms with Gasteiger partial charge in [-0.2, -0.15) is 0 Å². The summed E-state index contributed by atoms with van der Waals surface area (Å²) in [7, 11) is 0. The lowest BCUT2D eigenvalue weighted by atomic mass is 10.1. The molecule has 0 bridgehead atoms. The minimum atomic E-state index is -0.498. The van der Waals surface area contributed by atoms with E-state index in [2.05, 4.69) is 11.8 Å². The zero-order valence-electron chi connectivity index (χ0n) is 11.6. The largest absolute Gasteiger partial charge is 0.300 e. The van der Waals surface area contributed by atoms with Gasteiger partial charge in [0.2, 0.25) is 0 Å². The molecule has 0 saturated heterocycles. The number of benzene rings is 2. The third-order valence-electron chi connectivity index (χ3n) is 3.44. The number of aryl methyl sites for hydroxylation is 1. The highest BCUT2D eigenvalue weighted by Crippen LogP contribution is 2.31. The van der Waals surface area contributed by atoms with E-state index >= 15 is 0 Å². The van der Waals surface area contributed by atoms with Gasteiger partial charge in [0.05, 0.1) is 17.8 Å². The van der Waals surface area contributed by atoms with Crippen molar-refractivity contribution < 1.29 is 9.59 Å². The first-order chi connectivity index (χ1) is 10.2. The quantitative estimate of drug-likeness (QED) is 0.592. The first-order valence-electron chi connectivity index (χ1n) is 6.68. The average Bonchev–Trinajstić information content (AvgIpc) is 2.75. The summed E-state index contributed by atoms with van der Waals surface area (Å²) in [5.41, 5.74) is 2.96. The molecule has 21 heavy (non-hydrogen) atoms. The molecule has 3 rings (SSSR count). The first kappa shape index (κ1) is 13.1. The standard InChI is InChI=1S/C18H13NO2/c1-13-7-5-11-15-16(13)19(18(21)17(15)20)12-6-10-14-8-3-2-4-9-14/h2-5,7-9,11H,12H2,1H3. The molecule has 1 aliphatic heterocycles. The van der Waals surface area contributed by atoms with Crippen LogP contribution in [0.2, 0.25) is 0 Å². The SMILES string of the molecule is Cc1cccc2c1N(CC#Cc1ccccc1)C(=O)C2=O. The van der Waals surface area contributed by atoms with Crippen LogP contribution in [0.4, 0.5) is 5.69 Å². The second kappa shape index (κ2) is 5.26. The van der Waals surface area contributed by atoms with Crippen LogP contribution in [-0.4, -0.2) is 18.2 Å². The summed E-state index contributed by atoms with van der Waals surface area (Å²) in [5.74, 6) is 5.02. The molecule has 0 aliphatic carbocycles. The topological polar surface area (TPSA) is 37.4 Å². The van der Waals surface area contributed by atoms with Crippen molar-refractivity contribution in [2.45, 2.75) is 6.92 Å². The molecule has 0 radical (unpaired) electrons. The van der Waals surface area contributed by atoms with Gasteiger partial charge in [-0.3, -0.25) is 14.5 Å². The van der Waals surface area contributed by atoms with Crippen LogP contribution in [0.15, 0.2) is 48.5 Å². The third kappa shape index (κ3) is 2.32. The van der Waals surface area contributed by atoms with E-state index in [0.717, 1.165) is 11.1 Å². The molecular weight excluding hydrogens is 262 g/mol. The van der Waals surface area contributed by atoms with Crippen LogP contribution in [-0.2, 0) is 4.79 Å². The van der Waals surface area contributed by atoms with Crippen LogP contribution < -0.4 is 4.90 Å². The van der Waals surface area contributed by atoms with Gasteiger partial charge in [0.15, 0.2) is 0 Å². The Balaban J connectivity index is 1.90. The van der Waals surface area contributed by atoms with Gasteiger partial charge in [-0.15, -0.1) is 0 Å². The number of hydrogen-bond donors (Lipinski definition) is 0. The fraction of sp³-hybridized carbons (Fsp3) is 0.111. The molecule has 0 fully saturated rings. The zero-order valence-corrected chi connectivity index (χ0v) is 11.6. The third-order valence-corrected chi connectivity index (χ3v) is 3.44. The van der Waals surface area contributed by atoms with E-state index in [4.69, 9.17) is 0 Å². The second-order valence-corrected chi connectivity index (χ2v) is 4.86. The molecule has 0 unspecified atom stereocenters. The van der Waals surface area contributed by atoms with Crippen molar-refractivity contribution in [1.29, 1.82) is 0 Å². The highest BCUT2D eigenvalue weighted by Gasteiger charge is 2.36. The van der Waals surface area contributed by atoms with Crippen LogP contribution >= 0.6 is 0 Å². The summed E-state index contributed by atoms with van der Waals surface area (Å²) in [6.07, 6.45) is 0. The molecule has 3 nitrogen and oxygen atoms in total. The van der Waals surface area contributed by atoms with Gasteiger partial charge >= 0.3 is 0 Å². The summed E-state index contributed by atoms with van der Waals surface area (Å²) in [6, 6.07) is 14.9. The molecule has 0 spiro atoms. The van der Waals surface area contributed by atoms with Crippen molar-refractivity contribution in [2.24, 2.45) is 0 Å². The summed E-state index contributed by atoms with van der Waals surface area (Å²) in [6.45, 7) is 2.11. The Morgan fingerprint density at radius 2 is 1.76 bits per heavy atom. The van der Waals surface area contributed by atoms with Gasteiger partial charge in [0.25, 0.3) is 11.7 Å². The summed E-state index contributed by atoms with van der Waals surface area (Å²) >= 11 is 0. The number of nitrogens with zero attached hydrogens (tertiary/aromatic N) is 1. The molecule has 0 N–H and O–H groups in total. The Morgan fingerprint density at radius 3 is 2.52 bits per heavy atom. The minimum Gasteiger partial charge on any atom is -0.293 e. The van der Waals surface area contributed by atoms with Gasteiger partial charge in [-0.1, -0.05) is 42.2 Å². The Hall–Kier alpha value is -2.86. The molecule has 1 aliphatic rings. The van der Waals surface area contributed by atoms with Crippen LogP contribution in [0, 0.1) is 18.8 Å². The molecule has 3 heteroatoms. The van der Waals surface area contributed by atoms with E-state index < -0.39 is 11.7 Å². The summed E-state index contributed by atoms with van der Waals surface area (Å²) in [5, 5.41) is 0. The number of Topliss-reactive ketones (excluding diaryl/α,β-unsaturated/α-hetero) is 1. The molecule has 1 heterocycles. The molecule has 1 amide bonds. The van der Waals surface area contributed by atoms with Crippen LogP contribution in [0.3, 0.4) is 0 Å². The van der Waals surface area contributed by atoms with Crippen LogP contribution in [0.1, 0.15) is 21.5 Å². The molecule has 102 valence electrons. The molecule has 0 atom stereocenters. The minimum absolute atomic E-state index is 0.220. The Kier molecular flexibility index (Phi) is 3.29. The van der Waals surface area contributed by atoms with Crippen molar-refractivity contribution in [2.75, 3.05) is 11.4 Å². The number of anilines is 1.